The molecular formula is C14H19N5. The van der Waals surface area contributed by atoms with Crippen molar-refractivity contribution in [2.24, 2.45) is 0 Å². The average Bonchev–Trinajstić information content (AvgIpc) is 2.47. The van der Waals surface area contributed by atoms with Gasteiger partial charge in [0.2, 0.25) is 5.95 Å². The minimum atomic E-state index is 0.758. The molecule has 0 bridgehead atoms. The molecule has 0 fully saturated rings. The Morgan fingerprint density at radius 1 is 1.11 bits per heavy atom. The van der Waals surface area contributed by atoms with E-state index < -0.39 is 0 Å². The third kappa shape index (κ3) is 3.99. The molecule has 5 nitrogen and oxygen atoms in total. The highest BCUT2D eigenvalue weighted by Gasteiger charge is 2.04. The van der Waals surface area contributed by atoms with E-state index >= 15 is 0 Å². The van der Waals surface area contributed by atoms with Crippen molar-refractivity contribution in [2.45, 2.75) is 13.0 Å². The molecule has 2 aromatic heterocycles. The summed E-state index contributed by atoms with van der Waals surface area (Å²) < 4.78 is 0. The van der Waals surface area contributed by atoms with Crippen LogP contribution >= 0.6 is 0 Å². The van der Waals surface area contributed by atoms with Gasteiger partial charge in [0.15, 0.2) is 0 Å². The monoisotopic (exact) mass is 257 g/mol. The lowest BCUT2D eigenvalue weighted by Gasteiger charge is -2.16. The fraction of sp³-hybridized carbons (Fsp3) is 0.357. The van der Waals surface area contributed by atoms with Crippen molar-refractivity contribution in [3.05, 3.63) is 48.0 Å². The number of nitrogens with one attached hydrogen (secondary N) is 1. The van der Waals surface area contributed by atoms with Crippen LogP contribution in [0, 0.1) is 0 Å². The molecule has 100 valence electrons. The number of rotatable bonds is 6. The van der Waals surface area contributed by atoms with Gasteiger partial charge >= 0.3 is 0 Å². The van der Waals surface area contributed by atoms with Crippen molar-refractivity contribution in [3.63, 3.8) is 0 Å². The lowest BCUT2D eigenvalue weighted by molar-refractivity contribution is 0.793. The first-order chi connectivity index (χ1) is 9.29. The zero-order valence-corrected chi connectivity index (χ0v) is 11.4. The van der Waals surface area contributed by atoms with Gasteiger partial charge in [-0.25, -0.2) is 9.97 Å². The van der Waals surface area contributed by atoms with Crippen molar-refractivity contribution >= 4 is 5.95 Å². The lowest BCUT2D eigenvalue weighted by Crippen LogP contribution is -2.22. The van der Waals surface area contributed by atoms with E-state index in [-0.39, 0.29) is 0 Å². The van der Waals surface area contributed by atoms with Crippen LogP contribution in [0.4, 0.5) is 5.95 Å². The molecule has 19 heavy (non-hydrogen) atoms. The SMILES string of the molecule is CNCc1cnc(N(C)CCc2ccncc2)nc1. The third-order valence-electron chi connectivity index (χ3n) is 2.90. The predicted molar refractivity (Wildman–Crippen MR) is 76.0 cm³/mol. The first-order valence-electron chi connectivity index (χ1n) is 6.35. The van der Waals surface area contributed by atoms with Crippen LogP contribution in [0.15, 0.2) is 36.9 Å². The molecule has 2 aromatic rings. The molecular weight excluding hydrogens is 238 g/mol. The number of hydrogen-bond acceptors (Lipinski definition) is 5. The summed E-state index contributed by atoms with van der Waals surface area (Å²) >= 11 is 0. The molecule has 2 rings (SSSR count). The van der Waals surface area contributed by atoms with E-state index in [1.165, 1.54) is 5.56 Å². The Hall–Kier alpha value is -2.01. The zero-order valence-electron chi connectivity index (χ0n) is 11.4. The second kappa shape index (κ2) is 6.80. The molecule has 0 amide bonds. The van der Waals surface area contributed by atoms with Crippen LogP contribution in [0.3, 0.4) is 0 Å². The van der Waals surface area contributed by atoms with Crippen LogP contribution in [0.5, 0.6) is 0 Å². The van der Waals surface area contributed by atoms with Crippen LogP contribution in [0.2, 0.25) is 0 Å². The predicted octanol–water partition coefficient (Wildman–Crippen LogP) is 1.27. The van der Waals surface area contributed by atoms with Gasteiger partial charge in [0.25, 0.3) is 0 Å². The van der Waals surface area contributed by atoms with Gasteiger partial charge in [-0.1, -0.05) is 0 Å². The van der Waals surface area contributed by atoms with Crippen molar-refractivity contribution in [3.8, 4) is 0 Å². The smallest absolute Gasteiger partial charge is 0.225 e. The van der Waals surface area contributed by atoms with Crippen LogP contribution in [0.1, 0.15) is 11.1 Å². The van der Waals surface area contributed by atoms with Gasteiger partial charge in [-0.3, -0.25) is 4.98 Å². The highest BCUT2D eigenvalue weighted by Crippen LogP contribution is 2.07. The number of aromatic nitrogens is 3. The van der Waals surface area contributed by atoms with Gasteiger partial charge in [-0.15, -0.1) is 0 Å². The highest BCUT2D eigenvalue weighted by molar-refractivity contribution is 5.29. The first-order valence-corrected chi connectivity index (χ1v) is 6.35. The summed E-state index contributed by atoms with van der Waals surface area (Å²) in [6.07, 6.45) is 8.32. The molecule has 0 aliphatic heterocycles. The van der Waals surface area contributed by atoms with Crippen molar-refractivity contribution in [2.75, 3.05) is 25.5 Å². The second-order valence-corrected chi connectivity index (χ2v) is 4.45. The topological polar surface area (TPSA) is 53.9 Å². The van der Waals surface area contributed by atoms with Gasteiger partial charge in [0.05, 0.1) is 0 Å². The first kappa shape index (κ1) is 13.4. The van der Waals surface area contributed by atoms with E-state index in [4.69, 9.17) is 0 Å². The van der Waals surface area contributed by atoms with Gasteiger partial charge in [0, 0.05) is 50.5 Å². The number of likely N-dealkylation sites (N-methyl/N-ethyl adjacent to an activating group) is 1. The second-order valence-electron chi connectivity index (χ2n) is 4.45. The van der Waals surface area contributed by atoms with Crippen molar-refractivity contribution < 1.29 is 0 Å². The van der Waals surface area contributed by atoms with Gasteiger partial charge in [-0.2, -0.15) is 0 Å². The Balaban J connectivity index is 1.90. The summed E-state index contributed by atoms with van der Waals surface area (Å²) in [7, 11) is 3.92. The summed E-state index contributed by atoms with van der Waals surface area (Å²) in [5, 5.41) is 3.08. The fourth-order valence-electron chi connectivity index (χ4n) is 1.79. The third-order valence-corrected chi connectivity index (χ3v) is 2.90. The molecule has 0 saturated heterocycles. The van der Waals surface area contributed by atoms with Gasteiger partial charge in [-0.05, 0) is 31.2 Å². The van der Waals surface area contributed by atoms with Crippen LogP contribution in [-0.4, -0.2) is 35.6 Å². The van der Waals surface area contributed by atoms with E-state index in [1.807, 2.05) is 51.0 Å². The Labute approximate surface area is 113 Å². The molecule has 0 aliphatic carbocycles. The zero-order chi connectivity index (χ0) is 13.5. The Kier molecular flexibility index (Phi) is 4.80. The quantitative estimate of drug-likeness (QED) is 0.844. The molecule has 0 aromatic carbocycles. The Morgan fingerprint density at radius 3 is 2.42 bits per heavy atom. The molecule has 0 atom stereocenters. The minimum absolute atomic E-state index is 0.758. The fourth-order valence-corrected chi connectivity index (χ4v) is 1.79. The number of nitrogens with zero attached hydrogens (tertiary/aromatic N) is 4. The number of anilines is 1. The van der Waals surface area contributed by atoms with E-state index in [2.05, 4.69) is 25.2 Å². The maximum Gasteiger partial charge on any atom is 0.225 e. The molecule has 5 heteroatoms. The Bertz CT molecular complexity index is 483. The summed E-state index contributed by atoms with van der Waals surface area (Å²) in [6, 6.07) is 4.06. The Morgan fingerprint density at radius 2 is 1.79 bits per heavy atom. The largest absolute Gasteiger partial charge is 0.344 e. The van der Waals surface area contributed by atoms with E-state index in [0.717, 1.165) is 31.0 Å². The summed E-state index contributed by atoms with van der Waals surface area (Å²) in [5.74, 6) is 0.758. The average molecular weight is 257 g/mol. The molecule has 0 saturated carbocycles. The normalized spacial score (nSPS) is 10.4. The van der Waals surface area contributed by atoms with Crippen molar-refractivity contribution in [1.82, 2.24) is 20.3 Å². The van der Waals surface area contributed by atoms with E-state index in [1.54, 1.807) is 0 Å². The molecule has 0 aliphatic rings. The molecule has 1 N–H and O–H groups in total. The van der Waals surface area contributed by atoms with Gasteiger partial charge in [0.1, 0.15) is 0 Å². The molecule has 0 radical (unpaired) electrons. The van der Waals surface area contributed by atoms with Crippen LogP contribution in [-0.2, 0) is 13.0 Å². The minimum Gasteiger partial charge on any atom is -0.344 e. The standard InChI is InChI=1S/C14H19N5/c1-15-9-13-10-17-14(18-11-13)19(2)8-5-12-3-6-16-7-4-12/h3-4,6-7,10-11,15H,5,8-9H2,1-2H3. The van der Waals surface area contributed by atoms with Crippen LogP contribution < -0.4 is 10.2 Å². The summed E-state index contributed by atoms with van der Waals surface area (Å²) in [6.45, 7) is 1.68. The molecule has 0 spiro atoms. The number of pyridine rings is 1. The molecule has 0 unspecified atom stereocenters. The number of hydrogen-bond donors (Lipinski definition) is 1. The van der Waals surface area contributed by atoms with E-state index in [9.17, 15) is 0 Å². The maximum atomic E-state index is 4.37. The summed E-state index contributed by atoms with van der Waals surface area (Å²) in [4.78, 5) is 14.8. The summed E-state index contributed by atoms with van der Waals surface area (Å²) in [5.41, 5.74) is 2.36. The lowest BCUT2D eigenvalue weighted by atomic mass is 10.2. The molecule has 2 heterocycles. The van der Waals surface area contributed by atoms with Crippen molar-refractivity contribution in [1.29, 1.82) is 0 Å². The van der Waals surface area contributed by atoms with Gasteiger partial charge < -0.3 is 10.2 Å². The maximum absolute atomic E-state index is 4.37. The van der Waals surface area contributed by atoms with E-state index in [0.29, 0.717) is 0 Å². The highest BCUT2D eigenvalue weighted by atomic mass is 15.2. The van der Waals surface area contributed by atoms with Crippen LogP contribution in [0.25, 0.3) is 0 Å².